The van der Waals surface area contributed by atoms with E-state index < -0.39 is 0 Å². The number of nitrogens with one attached hydrogen (secondary N) is 1. The lowest BCUT2D eigenvalue weighted by molar-refractivity contribution is 0.413. The standard InChI is InChI=1S/C10H12N4OS/c1-15-8-4-2-3-7(5-8)10(12-11)9-6-16-14-13-9/h2-6,10,12H,11H2,1H3. The zero-order chi connectivity index (χ0) is 11.4. The summed E-state index contributed by atoms with van der Waals surface area (Å²) >= 11 is 1.30. The monoisotopic (exact) mass is 236 g/mol. The highest BCUT2D eigenvalue weighted by molar-refractivity contribution is 7.03. The lowest BCUT2D eigenvalue weighted by Crippen LogP contribution is -2.29. The van der Waals surface area contributed by atoms with Crippen LogP contribution in [0.15, 0.2) is 29.6 Å². The lowest BCUT2D eigenvalue weighted by atomic mass is 10.1. The third kappa shape index (κ3) is 2.19. The molecular formula is C10H12N4OS. The van der Waals surface area contributed by atoms with E-state index in [-0.39, 0.29) is 6.04 Å². The second-order valence-electron chi connectivity index (χ2n) is 3.21. The minimum Gasteiger partial charge on any atom is -0.497 e. The van der Waals surface area contributed by atoms with Crippen LogP contribution in [0.25, 0.3) is 0 Å². The van der Waals surface area contributed by atoms with Crippen molar-refractivity contribution in [3.8, 4) is 5.75 Å². The summed E-state index contributed by atoms with van der Waals surface area (Å²) in [5.74, 6) is 6.33. The summed E-state index contributed by atoms with van der Waals surface area (Å²) in [6.45, 7) is 0. The SMILES string of the molecule is COc1cccc(C(NN)c2csnn2)c1. The van der Waals surface area contributed by atoms with Gasteiger partial charge in [0.1, 0.15) is 5.75 Å². The van der Waals surface area contributed by atoms with Crippen molar-refractivity contribution in [3.63, 3.8) is 0 Å². The van der Waals surface area contributed by atoms with Gasteiger partial charge in [-0.25, -0.2) is 5.43 Å². The summed E-state index contributed by atoms with van der Waals surface area (Å²) < 4.78 is 8.99. The Balaban J connectivity index is 2.33. The van der Waals surface area contributed by atoms with Crippen LogP contribution in [0.4, 0.5) is 0 Å². The van der Waals surface area contributed by atoms with E-state index in [9.17, 15) is 0 Å². The van der Waals surface area contributed by atoms with Gasteiger partial charge in [-0.3, -0.25) is 5.84 Å². The van der Waals surface area contributed by atoms with Gasteiger partial charge in [0.05, 0.1) is 18.8 Å². The van der Waals surface area contributed by atoms with Crippen LogP contribution >= 0.6 is 11.5 Å². The predicted molar refractivity (Wildman–Crippen MR) is 62.1 cm³/mol. The molecule has 1 aromatic heterocycles. The Morgan fingerprint density at radius 3 is 3.00 bits per heavy atom. The maximum absolute atomic E-state index is 5.53. The number of hydrazine groups is 1. The molecule has 0 aliphatic rings. The summed E-state index contributed by atoms with van der Waals surface area (Å²) in [6.07, 6.45) is 0. The Labute approximate surface area is 97.4 Å². The highest BCUT2D eigenvalue weighted by Gasteiger charge is 2.15. The highest BCUT2D eigenvalue weighted by Crippen LogP contribution is 2.23. The molecule has 0 aliphatic heterocycles. The van der Waals surface area contributed by atoms with Gasteiger partial charge in [0.25, 0.3) is 0 Å². The molecule has 6 heteroatoms. The van der Waals surface area contributed by atoms with E-state index in [0.29, 0.717) is 0 Å². The largest absolute Gasteiger partial charge is 0.497 e. The van der Waals surface area contributed by atoms with E-state index in [4.69, 9.17) is 10.6 Å². The van der Waals surface area contributed by atoms with Crippen LogP contribution in [-0.4, -0.2) is 16.7 Å². The molecule has 3 N–H and O–H groups in total. The first kappa shape index (κ1) is 11.0. The summed E-state index contributed by atoms with van der Waals surface area (Å²) in [4.78, 5) is 0. The molecule has 1 unspecified atom stereocenters. The van der Waals surface area contributed by atoms with Crippen molar-refractivity contribution in [1.82, 2.24) is 15.0 Å². The van der Waals surface area contributed by atoms with Crippen LogP contribution in [0.2, 0.25) is 0 Å². The van der Waals surface area contributed by atoms with Gasteiger partial charge < -0.3 is 4.74 Å². The second-order valence-corrected chi connectivity index (χ2v) is 3.82. The molecular weight excluding hydrogens is 224 g/mol. The molecule has 5 nitrogen and oxygen atoms in total. The first-order chi connectivity index (χ1) is 7.85. The normalized spacial score (nSPS) is 12.4. The highest BCUT2D eigenvalue weighted by atomic mass is 32.1. The van der Waals surface area contributed by atoms with Crippen LogP contribution in [0.5, 0.6) is 5.75 Å². The maximum Gasteiger partial charge on any atom is 0.119 e. The molecule has 1 heterocycles. The summed E-state index contributed by atoms with van der Waals surface area (Å²) in [5, 5.41) is 5.87. The zero-order valence-corrected chi connectivity index (χ0v) is 9.57. The predicted octanol–water partition coefficient (Wildman–Crippen LogP) is 1.10. The molecule has 0 spiro atoms. The van der Waals surface area contributed by atoms with E-state index in [1.54, 1.807) is 7.11 Å². The summed E-state index contributed by atoms with van der Waals surface area (Å²) in [7, 11) is 1.63. The van der Waals surface area contributed by atoms with Crippen molar-refractivity contribution in [1.29, 1.82) is 0 Å². The number of benzene rings is 1. The molecule has 0 saturated carbocycles. The Hall–Kier alpha value is -1.50. The van der Waals surface area contributed by atoms with Gasteiger partial charge in [-0.05, 0) is 29.2 Å². The van der Waals surface area contributed by atoms with Crippen molar-refractivity contribution in [2.45, 2.75) is 6.04 Å². The molecule has 0 bridgehead atoms. The van der Waals surface area contributed by atoms with Crippen molar-refractivity contribution in [2.24, 2.45) is 5.84 Å². The average Bonchev–Trinajstić information content (AvgIpc) is 2.84. The summed E-state index contributed by atoms with van der Waals surface area (Å²) in [5.41, 5.74) is 4.52. The molecule has 0 amide bonds. The Morgan fingerprint density at radius 1 is 1.50 bits per heavy atom. The number of ether oxygens (including phenoxy) is 1. The molecule has 0 aliphatic carbocycles. The minimum absolute atomic E-state index is 0.158. The Bertz CT molecular complexity index is 446. The fraction of sp³-hybridized carbons (Fsp3) is 0.200. The van der Waals surface area contributed by atoms with E-state index in [1.807, 2.05) is 29.6 Å². The number of nitrogens with two attached hydrogens (primary N) is 1. The molecule has 0 saturated heterocycles. The lowest BCUT2D eigenvalue weighted by Gasteiger charge is -2.14. The topological polar surface area (TPSA) is 73.1 Å². The van der Waals surface area contributed by atoms with Crippen molar-refractivity contribution in [3.05, 3.63) is 40.9 Å². The van der Waals surface area contributed by atoms with Crippen LogP contribution in [0, 0.1) is 0 Å². The van der Waals surface area contributed by atoms with Crippen molar-refractivity contribution in [2.75, 3.05) is 7.11 Å². The molecule has 0 radical (unpaired) electrons. The van der Waals surface area contributed by atoms with Gasteiger partial charge in [-0.1, -0.05) is 16.6 Å². The van der Waals surface area contributed by atoms with Gasteiger partial charge in [0, 0.05) is 5.38 Å². The minimum atomic E-state index is -0.158. The van der Waals surface area contributed by atoms with Crippen LogP contribution in [-0.2, 0) is 0 Å². The Kier molecular flexibility index (Phi) is 3.45. The number of nitrogens with zero attached hydrogens (tertiary/aromatic N) is 2. The molecule has 1 aromatic carbocycles. The van der Waals surface area contributed by atoms with Gasteiger partial charge in [-0.2, -0.15) is 0 Å². The van der Waals surface area contributed by atoms with Crippen LogP contribution in [0.3, 0.4) is 0 Å². The van der Waals surface area contributed by atoms with E-state index >= 15 is 0 Å². The third-order valence-electron chi connectivity index (χ3n) is 2.27. The first-order valence-electron chi connectivity index (χ1n) is 4.72. The molecule has 2 aromatic rings. The number of methoxy groups -OCH3 is 1. The third-order valence-corrected chi connectivity index (χ3v) is 2.79. The molecule has 16 heavy (non-hydrogen) atoms. The maximum atomic E-state index is 5.53. The average molecular weight is 236 g/mol. The van der Waals surface area contributed by atoms with Crippen LogP contribution in [0.1, 0.15) is 17.3 Å². The smallest absolute Gasteiger partial charge is 0.119 e. The number of hydrogen-bond acceptors (Lipinski definition) is 6. The quantitative estimate of drug-likeness (QED) is 0.614. The van der Waals surface area contributed by atoms with Gasteiger partial charge in [0.2, 0.25) is 0 Å². The van der Waals surface area contributed by atoms with E-state index in [0.717, 1.165) is 17.0 Å². The fourth-order valence-corrected chi connectivity index (χ4v) is 1.95. The second kappa shape index (κ2) is 5.02. The molecule has 2 rings (SSSR count). The first-order valence-corrected chi connectivity index (χ1v) is 5.56. The van der Waals surface area contributed by atoms with Gasteiger partial charge >= 0.3 is 0 Å². The number of rotatable bonds is 4. The number of hydrogen-bond donors (Lipinski definition) is 2. The zero-order valence-electron chi connectivity index (χ0n) is 8.75. The molecule has 0 fully saturated rings. The van der Waals surface area contributed by atoms with Crippen LogP contribution < -0.4 is 16.0 Å². The van der Waals surface area contributed by atoms with Gasteiger partial charge in [0.15, 0.2) is 0 Å². The fourth-order valence-electron chi connectivity index (χ4n) is 1.47. The molecule has 84 valence electrons. The molecule has 1 atom stereocenters. The van der Waals surface area contributed by atoms with Gasteiger partial charge in [-0.15, -0.1) is 5.10 Å². The Morgan fingerprint density at radius 2 is 2.38 bits per heavy atom. The number of aromatic nitrogens is 2. The van der Waals surface area contributed by atoms with Crippen molar-refractivity contribution < 1.29 is 4.74 Å². The van der Waals surface area contributed by atoms with Crippen molar-refractivity contribution >= 4 is 11.5 Å². The van der Waals surface area contributed by atoms with E-state index in [1.165, 1.54) is 11.5 Å². The van der Waals surface area contributed by atoms with E-state index in [2.05, 4.69) is 15.0 Å². The summed E-state index contributed by atoms with van der Waals surface area (Å²) in [6, 6.07) is 7.53.